The van der Waals surface area contributed by atoms with E-state index in [1.807, 2.05) is 48.4 Å². The van der Waals surface area contributed by atoms with Crippen LogP contribution in [0.4, 0.5) is 5.13 Å². The van der Waals surface area contributed by atoms with Gasteiger partial charge < -0.3 is 10.2 Å². The van der Waals surface area contributed by atoms with Gasteiger partial charge in [-0.15, -0.1) is 22.7 Å². The molecule has 1 aromatic carbocycles. The van der Waals surface area contributed by atoms with Crippen molar-refractivity contribution < 1.29 is 9.59 Å². The lowest BCUT2D eigenvalue weighted by Crippen LogP contribution is -2.41. The Balaban J connectivity index is 1.26. The fourth-order valence-electron chi connectivity index (χ4n) is 3.43. The molecule has 3 heterocycles. The number of piperidine rings is 1. The average Bonchev–Trinajstić information content (AvgIpc) is 3.39. The minimum absolute atomic E-state index is 0.00118. The molecule has 3 aromatic rings. The fourth-order valence-corrected chi connectivity index (χ4v) is 5.93. The molecule has 4 rings (SSSR count). The van der Waals surface area contributed by atoms with Crippen LogP contribution in [-0.2, 0) is 10.5 Å². The zero-order chi connectivity index (χ0) is 21.8. The van der Waals surface area contributed by atoms with E-state index >= 15 is 0 Å². The van der Waals surface area contributed by atoms with Gasteiger partial charge in [0.05, 0.1) is 5.69 Å². The Kier molecular flexibility index (Phi) is 7.04. The van der Waals surface area contributed by atoms with Crippen molar-refractivity contribution in [2.24, 2.45) is 5.92 Å². The van der Waals surface area contributed by atoms with Crippen molar-refractivity contribution in [1.29, 1.82) is 0 Å². The van der Waals surface area contributed by atoms with Gasteiger partial charge in [-0.25, -0.2) is 9.97 Å². The number of benzene rings is 1. The summed E-state index contributed by atoms with van der Waals surface area (Å²) in [6, 6.07) is 7.82. The van der Waals surface area contributed by atoms with Gasteiger partial charge in [0, 0.05) is 46.8 Å². The van der Waals surface area contributed by atoms with Crippen LogP contribution in [0.1, 0.15) is 40.2 Å². The number of hydrogen-bond acceptors (Lipinski definition) is 7. The molecule has 0 atom stereocenters. The summed E-state index contributed by atoms with van der Waals surface area (Å²) in [6.45, 7) is 5.09. The highest BCUT2D eigenvalue weighted by atomic mass is 32.2. The van der Waals surface area contributed by atoms with Crippen LogP contribution in [-0.4, -0.2) is 39.8 Å². The number of thioether (sulfide) groups is 1. The van der Waals surface area contributed by atoms with Gasteiger partial charge in [-0.3, -0.25) is 9.59 Å². The number of nitrogens with zero attached hydrogens (tertiary/aromatic N) is 3. The van der Waals surface area contributed by atoms with Crippen molar-refractivity contribution in [3.8, 4) is 0 Å². The first-order chi connectivity index (χ1) is 15.0. The quantitative estimate of drug-likeness (QED) is 0.511. The summed E-state index contributed by atoms with van der Waals surface area (Å²) in [5, 5.41) is 7.51. The van der Waals surface area contributed by atoms with Crippen molar-refractivity contribution in [3.05, 3.63) is 57.5 Å². The predicted octanol–water partition coefficient (Wildman–Crippen LogP) is 5.00. The lowest BCUT2D eigenvalue weighted by Gasteiger charge is -2.31. The van der Waals surface area contributed by atoms with Crippen molar-refractivity contribution in [2.75, 3.05) is 18.4 Å². The molecule has 1 saturated heterocycles. The number of aromatic nitrogens is 2. The number of rotatable bonds is 6. The third kappa shape index (κ3) is 5.72. The van der Waals surface area contributed by atoms with Crippen LogP contribution < -0.4 is 5.32 Å². The summed E-state index contributed by atoms with van der Waals surface area (Å²) < 4.78 is 1.06. The first-order valence-electron chi connectivity index (χ1n) is 10.1. The number of carbonyl (C=O) groups excluding carboxylic acids is 2. The van der Waals surface area contributed by atoms with Crippen LogP contribution in [0.2, 0.25) is 0 Å². The molecule has 0 bridgehead atoms. The number of aryl methyl sites for hydroxylation is 2. The van der Waals surface area contributed by atoms with E-state index in [1.54, 1.807) is 23.1 Å². The molecule has 0 saturated carbocycles. The minimum Gasteiger partial charge on any atom is -0.339 e. The van der Waals surface area contributed by atoms with Crippen LogP contribution in [0, 0.1) is 19.8 Å². The molecule has 2 aromatic heterocycles. The maximum absolute atomic E-state index is 12.9. The molecule has 0 unspecified atom stereocenters. The Labute approximate surface area is 194 Å². The van der Waals surface area contributed by atoms with Gasteiger partial charge in [0.1, 0.15) is 4.34 Å². The van der Waals surface area contributed by atoms with Gasteiger partial charge in [0.15, 0.2) is 5.13 Å². The predicted molar refractivity (Wildman–Crippen MR) is 127 cm³/mol. The highest BCUT2D eigenvalue weighted by molar-refractivity contribution is 8.00. The lowest BCUT2D eigenvalue weighted by molar-refractivity contribution is -0.121. The maximum Gasteiger partial charge on any atom is 0.253 e. The third-order valence-electron chi connectivity index (χ3n) is 5.16. The molecule has 0 radical (unpaired) electrons. The van der Waals surface area contributed by atoms with Crippen LogP contribution in [0.25, 0.3) is 0 Å². The van der Waals surface area contributed by atoms with E-state index in [0.29, 0.717) is 36.6 Å². The SMILES string of the molecule is Cc1csc(NC(=O)C2CCN(C(=O)c3ccc(CSc4nc(C)cs4)cc3)CC2)n1. The minimum atomic E-state index is -0.0813. The molecule has 6 nitrogen and oxygen atoms in total. The molecule has 162 valence electrons. The number of amides is 2. The van der Waals surface area contributed by atoms with Crippen molar-refractivity contribution in [2.45, 2.75) is 36.8 Å². The van der Waals surface area contributed by atoms with Gasteiger partial charge in [0.2, 0.25) is 5.91 Å². The topological polar surface area (TPSA) is 75.2 Å². The van der Waals surface area contributed by atoms with E-state index in [2.05, 4.69) is 20.7 Å². The molecule has 1 aliphatic rings. The molecule has 1 N–H and O–H groups in total. The van der Waals surface area contributed by atoms with E-state index in [4.69, 9.17) is 0 Å². The zero-order valence-electron chi connectivity index (χ0n) is 17.5. The average molecular weight is 473 g/mol. The van der Waals surface area contributed by atoms with Crippen molar-refractivity contribution in [1.82, 2.24) is 14.9 Å². The zero-order valence-corrected chi connectivity index (χ0v) is 19.9. The second-order valence-electron chi connectivity index (χ2n) is 7.59. The van der Waals surface area contributed by atoms with Gasteiger partial charge in [-0.1, -0.05) is 23.9 Å². The van der Waals surface area contributed by atoms with Crippen LogP contribution in [0.3, 0.4) is 0 Å². The Morgan fingerprint density at radius 2 is 1.74 bits per heavy atom. The first-order valence-corrected chi connectivity index (χ1v) is 12.9. The van der Waals surface area contributed by atoms with Crippen molar-refractivity contribution >= 4 is 51.4 Å². The van der Waals surface area contributed by atoms with Gasteiger partial charge in [-0.2, -0.15) is 0 Å². The molecule has 1 aliphatic heterocycles. The monoisotopic (exact) mass is 472 g/mol. The molecule has 2 amide bonds. The number of nitrogens with one attached hydrogen (secondary N) is 1. The summed E-state index contributed by atoms with van der Waals surface area (Å²) in [4.78, 5) is 35.9. The number of anilines is 1. The normalized spacial score (nSPS) is 14.6. The number of likely N-dealkylation sites (tertiary alicyclic amines) is 1. The Morgan fingerprint density at radius 3 is 2.35 bits per heavy atom. The van der Waals surface area contributed by atoms with Gasteiger partial charge in [0.25, 0.3) is 5.91 Å². The third-order valence-corrected chi connectivity index (χ3v) is 8.25. The second-order valence-corrected chi connectivity index (χ2v) is 10.5. The Hall–Kier alpha value is -2.23. The highest BCUT2D eigenvalue weighted by Crippen LogP contribution is 2.27. The van der Waals surface area contributed by atoms with Crippen LogP contribution in [0.15, 0.2) is 39.4 Å². The molecular weight excluding hydrogens is 448 g/mol. The first kappa shape index (κ1) is 22.0. The molecule has 1 fully saturated rings. The van der Waals surface area contributed by atoms with Crippen LogP contribution in [0.5, 0.6) is 0 Å². The fraction of sp³-hybridized carbons (Fsp3) is 0.364. The Bertz CT molecular complexity index is 1050. The van der Waals surface area contributed by atoms with Crippen LogP contribution >= 0.6 is 34.4 Å². The summed E-state index contributed by atoms with van der Waals surface area (Å²) >= 11 is 4.81. The summed E-state index contributed by atoms with van der Waals surface area (Å²) in [5.74, 6) is 0.783. The summed E-state index contributed by atoms with van der Waals surface area (Å²) in [7, 11) is 0. The molecule has 9 heteroatoms. The van der Waals surface area contributed by atoms with Gasteiger partial charge >= 0.3 is 0 Å². The number of hydrogen-bond donors (Lipinski definition) is 1. The molecule has 31 heavy (non-hydrogen) atoms. The largest absolute Gasteiger partial charge is 0.339 e. The summed E-state index contributed by atoms with van der Waals surface area (Å²) in [5.41, 5.74) is 3.82. The smallest absolute Gasteiger partial charge is 0.253 e. The van der Waals surface area contributed by atoms with E-state index in [0.717, 1.165) is 21.5 Å². The van der Waals surface area contributed by atoms with E-state index < -0.39 is 0 Å². The highest BCUT2D eigenvalue weighted by Gasteiger charge is 2.28. The molecular formula is C22H24N4O2S3. The second kappa shape index (κ2) is 9.93. The van der Waals surface area contributed by atoms with E-state index in [-0.39, 0.29) is 17.7 Å². The molecule has 0 spiro atoms. The molecule has 0 aliphatic carbocycles. The lowest BCUT2D eigenvalue weighted by atomic mass is 9.95. The summed E-state index contributed by atoms with van der Waals surface area (Å²) in [6.07, 6.45) is 1.34. The standard InChI is InChI=1S/C22H24N4O2S3/c1-14-11-29-21(23-14)25-19(27)17-7-9-26(10-8-17)20(28)18-5-3-16(4-6-18)13-31-22-24-15(2)12-30-22/h3-6,11-12,17H,7-10,13H2,1-2H3,(H,23,25,27). The van der Waals surface area contributed by atoms with Gasteiger partial charge in [-0.05, 0) is 44.4 Å². The van der Waals surface area contributed by atoms with Crippen molar-refractivity contribution in [3.63, 3.8) is 0 Å². The number of thiazole rings is 2. The van der Waals surface area contributed by atoms with E-state index in [1.165, 1.54) is 16.9 Å². The maximum atomic E-state index is 12.9. The number of carbonyl (C=O) groups is 2. The Morgan fingerprint density at radius 1 is 1.06 bits per heavy atom. The van der Waals surface area contributed by atoms with E-state index in [9.17, 15) is 9.59 Å².